The molecule has 0 atom stereocenters. The molecule has 0 saturated carbocycles. The van der Waals surface area contributed by atoms with Crippen molar-refractivity contribution < 1.29 is 18.3 Å². The molecular weight excluding hydrogens is 400 g/mol. The second kappa shape index (κ2) is 9.71. The molecule has 2 aromatic carbocycles. The van der Waals surface area contributed by atoms with Crippen molar-refractivity contribution in [1.29, 1.82) is 0 Å². The maximum absolute atomic E-state index is 12.4. The first kappa shape index (κ1) is 21.1. The summed E-state index contributed by atoms with van der Waals surface area (Å²) in [4.78, 5) is 16.9. The standard InChI is InChI=1S/C21H22ClF2N3O2/c1-26-10-12-27(13-11-26)19-8-5-16(22)14-18(19)25-20(28)9-4-15-2-6-17(7-3-15)29-21(23)24/h2-9,14,21H,10-13H2,1H3,(H,25,28)/b9-4+. The number of ether oxygens (including phenoxy) is 1. The van der Waals surface area contributed by atoms with Gasteiger partial charge >= 0.3 is 6.61 Å². The van der Waals surface area contributed by atoms with Crippen molar-refractivity contribution in [3.63, 3.8) is 0 Å². The van der Waals surface area contributed by atoms with Crippen LogP contribution >= 0.6 is 11.6 Å². The van der Waals surface area contributed by atoms with E-state index in [1.54, 1.807) is 24.3 Å². The number of benzene rings is 2. The predicted molar refractivity (Wildman–Crippen MR) is 112 cm³/mol. The van der Waals surface area contributed by atoms with E-state index in [2.05, 4.69) is 26.9 Å². The average molecular weight is 422 g/mol. The zero-order valence-corrected chi connectivity index (χ0v) is 16.7. The third-order valence-electron chi connectivity index (χ3n) is 4.59. The van der Waals surface area contributed by atoms with Gasteiger partial charge in [0.2, 0.25) is 5.91 Å². The fourth-order valence-corrected chi connectivity index (χ4v) is 3.21. The zero-order chi connectivity index (χ0) is 20.8. The maximum atomic E-state index is 12.4. The molecule has 1 heterocycles. The number of likely N-dealkylation sites (N-methyl/N-ethyl adjacent to an activating group) is 1. The molecule has 0 aromatic heterocycles. The normalized spacial score (nSPS) is 15.1. The van der Waals surface area contributed by atoms with E-state index in [1.807, 2.05) is 12.1 Å². The quantitative estimate of drug-likeness (QED) is 0.704. The predicted octanol–water partition coefficient (Wildman–Crippen LogP) is 4.35. The molecule has 1 N–H and O–H groups in total. The molecule has 29 heavy (non-hydrogen) atoms. The number of alkyl halides is 2. The van der Waals surface area contributed by atoms with Crippen molar-refractivity contribution in [2.24, 2.45) is 0 Å². The fraction of sp³-hybridized carbons (Fsp3) is 0.286. The molecule has 1 saturated heterocycles. The molecule has 0 unspecified atom stereocenters. The van der Waals surface area contributed by atoms with Gasteiger partial charge in [-0.15, -0.1) is 0 Å². The lowest BCUT2D eigenvalue weighted by Crippen LogP contribution is -2.44. The summed E-state index contributed by atoms with van der Waals surface area (Å²) in [6, 6.07) is 11.5. The third-order valence-corrected chi connectivity index (χ3v) is 4.83. The number of hydrogen-bond donors (Lipinski definition) is 1. The molecule has 5 nitrogen and oxygen atoms in total. The molecule has 1 amide bonds. The van der Waals surface area contributed by atoms with Gasteiger partial charge in [-0.05, 0) is 49.0 Å². The summed E-state index contributed by atoms with van der Waals surface area (Å²) >= 11 is 6.12. The van der Waals surface area contributed by atoms with E-state index in [4.69, 9.17) is 11.6 Å². The molecule has 0 spiro atoms. The number of anilines is 2. The van der Waals surface area contributed by atoms with Crippen molar-refractivity contribution >= 4 is 35.0 Å². The van der Waals surface area contributed by atoms with Gasteiger partial charge in [0, 0.05) is 37.3 Å². The van der Waals surface area contributed by atoms with Crippen LogP contribution < -0.4 is 15.0 Å². The Balaban J connectivity index is 1.67. The Morgan fingerprint density at radius 2 is 1.83 bits per heavy atom. The van der Waals surface area contributed by atoms with Gasteiger partial charge in [-0.25, -0.2) is 0 Å². The lowest BCUT2D eigenvalue weighted by atomic mass is 10.2. The number of amides is 1. The van der Waals surface area contributed by atoms with Gasteiger partial charge in [-0.2, -0.15) is 8.78 Å². The summed E-state index contributed by atoms with van der Waals surface area (Å²) in [5, 5.41) is 3.42. The first-order valence-electron chi connectivity index (χ1n) is 9.18. The van der Waals surface area contributed by atoms with E-state index in [0.29, 0.717) is 16.3 Å². The van der Waals surface area contributed by atoms with Crippen LogP contribution in [0.5, 0.6) is 5.75 Å². The Morgan fingerprint density at radius 3 is 2.48 bits per heavy atom. The topological polar surface area (TPSA) is 44.8 Å². The Labute approximate surface area is 173 Å². The number of piperazine rings is 1. The summed E-state index contributed by atoms with van der Waals surface area (Å²) in [5.41, 5.74) is 2.27. The molecule has 1 fully saturated rings. The Bertz CT molecular complexity index is 867. The number of nitrogens with one attached hydrogen (secondary N) is 1. The molecule has 2 aromatic rings. The van der Waals surface area contributed by atoms with Crippen LogP contribution in [-0.4, -0.2) is 50.6 Å². The highest BCUT2D eigenvalue weighted by Crippen LogP contribution is 2.30. The van der Waals surface area contributed by atoms with Crippen LogP contribution in [0.15, 0.2) is 48.5 Å². The Kier molecular flexibility index (Phi) is 7.06. The number of hydrogen-bond acceptors (Lipinski definition) is 4. The highest BCUT2D eigenvalue weighted by molar-refractivity contribution is 6.31. The van der Waals surface area contributed by atoms with Crippen molar-refractivity contribution in [3.05, 3.63) is 59.1 Å². The summed E-state index contributed by atoms with van der Waals surface area (Å²) in [7, 11) is 2.08. The number of carbonyl (C=O) groups excluding carboxylic acids is 1. The largest absolute Gasteiger partial charge is 0.435 e. The molecule has 8 heteroatoms. The number of halogens is 3. The van der Waals surface area contributed by atoms with Crippen LogP contribution in [0.4, 0.5) is 20.2 Å². The van der Waals surface area contributed by atoms with Crippen molar-refractivity contribution in [3.8, 4) is 5.75 Å². The second-order valence-corrected chi connectivity index (χ2v) is 7.16. The van der Waals surface area contributed by atoms with Crippen LogP contribution in [0.25, 0.3) is 6.08 Å². The van der Waals surface area contributed by atoms with Gasteiger partial charge in [-0.1, -0.05) is 23.7 Å². The number of nitrogens with zero attached hydrogens (tertiary/aromatic N) is 2. The van der Waals surface area contributed by atoms with E-state index < -0.39 is 6.61 Å². The molecule has 0 bridgehead atoms. The molecule has 0 aliphatic carbocycles. The van der Waals surface area contributed by atoms with Crippen LogP contribution in [0.1, 0.15) is 5.56 Å². The van der Waals surface area contributed by atoms with Crippen LogP contribution in [0.3, 0.4) is 0 Å². The number of rotatable bonds is 6. The molecular formula is C21H22ClF2N3O2. The average Bonchev–Trinajstić information content (AvgIpc) is 2.68. The summed E-state index contributed by atoms with van der Waals surface area (Å²) in [5.74, 6) is -0.243. The van der Waals surface area contributed by atoms with Gasteiger partial charge in [-0.3, -0.25) is 4.79 Å². The van der Waals surface area contributed by atoms with Gasteiger partial charge < -0.3 is 19.9 Å². The Morgan fingerprint density at radius 1 is 1.14 bits per heavy atom. The minimum absolute atomic E-state index is 0.0670. The molecule has 0 radical (unpaired) electrons. The smallest absolute Gasteiger partial charge is 0.387 e. The SMILES string of the molecule is CN1CCN(c2ccc(Cl)cc2NC(=O)/C=C/c2ccc(OC(F)F)cc2)CC1. The van der Waals surface area contributed by atoms with Crippen LogP contribution in [0.2, 0.25) is 5.02 Å². The molecule has 1 aliphatic rings. The zero-order valence-electron chi connectivity index (χ0n) is 15.9. The van der Waals surface area contributed by atoms with E-state index in [9.17, 15) is 13.6 Å². The van der Waals surface area contributed by atoms with E-state index in [0.717, 1.165) is 31.9 Å². The summed E-state index contributed by atoms with van der Waals surface area (Å²) < 4.78 is 28.7. The number of carbonyl (C=O) groups is 1. The second-order valence-electron chi connectivity index (χ2n) is 6.72. The lowest BCUT2D eigenvalue weighted by molar-refractivity contribution is -0.111. The van der Waals surface area contributed by atoms with Crippen LogP contribution in [-0.2, 0) is 4.79 Å². The molecule has 3 rings (SSSR count). The third kappa shape index (κ3) is 6.17. The highest BCUT2D eigenvalue weighted by Gasteiger charge is 2.18. The summed E-state index contributed by atoms with van der Waals surface area (Å²) in [6.07, 6.45) is 2.99. The lowest BCUT2D eigenvalue weighted by Gasteiger charge is -2.35. The molecule has 154 valence electrons. The van der Waals surface area contributed by atoms with Gasteiger partial charge in [0.1, 0.15) is 5.75 Å². The van der Waals surface area contributed by atoms with E-state index >= 15 is 0 Å². The van der Waals surface area contributed by atoms with Gasteiger partial charge in [0.15, 0.2) is 0 Å². The minimum Gasteiger partial charge on any atom is -0.435 e. The van der Waals surface area contributed by atoms with E-state index in [1.165, 1.54) is 18.2 Å². The highest BCUT2D eigenvalue weighted by atomic mass is 35.5. The Hall–Kier alpha value is -2.64. The van der Waals surface area contributed by atoms with Gasteiger partial charge in [0.25, 0.3) is 0 Å². The fourth-order valence-electron chi connectivity index (χ4n) is 3.04. The van der Waals surface area contributed by atoms with Crippen molar-refractivity contribution in [1.82, 2.24) is 4.90 Å². The van der Waals surface area contributed by atoms with Gasteiger partial charge in [0.05, 0.1) is 11.4 Å². The summed E-state index contributed by atoms with van der Waals surface area (Å²) in [6.45, 7) is 0.755. The van der Waals surface area contributed by atoms with Crippen LogP contribution in [0, 0.1) is 0 Å². The van der Waals surface area contributed by atoms with Crippen molar-refractivity contribution in [2.75, 3.05) is 43.4 Å². The van der Waals surface area contributed by atoms with E-state index in [-0.39, 0.29) is 11.7 Å². The minimum atomic E-state index is -2.87. The first-order chi connectivity index (χ1) is 13.9. The van der Waals surface area contributed by atoms with Crippen molar-refractivity contribution in [2.45, 2.75) is 6.61 Å². The first-order valence-corrected chi connectivity index (χ1v) is 9.55. The molecule has 1 aliphatic heterocycles. The maximum Gasteiger partial charge on any atom is 0.387 e. The monoisotopic (exact) mass is 421 g/mol.